The minimum Gasteiger partial charge on any atom is -0.598 e. The van der Waals surface area contributed by atoms with Gasteiger partial charge in [-0.2, -0.15) is 0 Å². The number of hydrogen-bond donors (Lipinski definition) is 1. The monoisotopic (exact) mass is 378 g/mol. The highest BCUT2D eigenvalue weighted by molar-refractivity contribution is 7.90. The minimum absolute atomic E-state index is 0.0820. The number of nitrogens with one attached hydrogen (secondary N) is 1. The van der Waals surface area contributed by atoms with Crippen LogP contribution in [0.4, 0.5) is 0 Å². The molecule has 2 aliphatic rings. The number of rotatable bonds is 3. The molecule has 2 atom stereocenters. The molecule has 1 spiro atoms. The molecule has 0 radical (unpaired) electrons. The second-order valence-corrected chi connectivity index (χ2v) is 10.7. The number of amides is 1. The van der Waals surface area contributed by atoms with Gasteiger partial charge in [-0.3, -0.25) is 4.79 Å². The third-order valence-electron chi connectivity index (χ3n) is 5.84. The number of likely N-dealkylation sites (tertiary alicyclic amines) is 1. The average molecular weight is 379 g/mol. The number of carbonyl (C=O) groups excluding carboxylic acids is 1. The van der Waals surface area contributed by atoms with E-state index in [-0.39, 0.29) is 21.6 Å². The van der Waals surface area contributed by atoms with Crippen molar-refractivity contribution < 1.29 is 14.1 Å². The Morgan fingerprint density at radius 3 is 2.38 bits per heavy atom. The molecule has 2 fully saturated rings. The van der Waals surface area contributed by atoms with Crippen LogP contribution >= 0.6 is 0 Å². The number of carbonyl (C=O) groups is 1. The van der Waals surface area contributed by atoms with Crippen molar-refractivity contribution in [1.82, 2.24) is 9.62 Å². The Hall–Kier alpha value is -1.08. The summed E-state index contributed by atoms with van der Waals surface area (Å²) in [5, 5.41) is 0. The van der Waals surface area contributed by atoms with Crippen molar-refractivity contribution in [2.45, 2.75) is 50.8 Å². The quantitative estimate of drug-likeness (QED) is 0.822. The summed E-state index contributed by atoms with van der Waals surface area (Å²) in [5.74, 6) is 0.0901. The topological polar surface area (TPSA) is 64.6 Å². The molecule has 26 heavy (non-hydrogen) atoms. The normalized spacial score (nSPS) is 26.9. The van der Waals surface area contributed by atoms with E-state index in [2.05, 4.69) is 11.6 Å². The molecule has 1 aromatic carbocycles. The fraction of sp³-hybridized carbons (Fsp3) is 0.650. The molecule has 1 aromatic rings. The maximum atomic E-state index is 12.7. The third kappa shape index (κ3) is 3.65. The minimum atomic E-state index is -1.15. The standard InChI is InChI=1S/C20H30N2O3S/c1-18(2,3)26(24)21-19(4)14-25-15-20(19)10-12-22(13-11-20)17(23)16-8-6-5-7-9-16/h5-9,21H,10-15H2,1-4H3. The summed E-state index contributed by atoms with van der Waals surface area (Å²) in [4.78, 5) is 14.6. The molecule has 2 aliphatic heterocycles. The highest BCUT2D eigenvalue weighted by Crippen LogP contribution is 2.47. The molecule has 2 heterocycles. The van der Waals surface area contributed by atoms with Gasteiger partial charge in [0.05, 0.1) is 18.8 Å². The van der Waals surface area contributed by atoms with Crippen molar-refractivity contribution in [1.29, 1.82) is 0 Å². The van der Waals surface area contributed by atoms with Crippen LogP contribution in [0.25, 0.3) is 0 Å². The van der Waals surface area contributed by atoms with Crippen LogP contribution < -0.4 is 4.72 Å². The summed E-state index contributed by atoms with van der Waals surface area (Å²) < 4.78 is 21.6. The summed E-state index contributed by atoms with van der Waals surface area (Å²) in [6, 6.07) is 9.44. The van der Waals surface area contributed by atoms with Gasteiger partial charge in [-0.1, -0.05) is 18.2 Å². The van der Waals surface area contributed by atoms with Gasteiger partial charge in [0.25, 0.3) is 5.91 Å². The van der Waals surface area contributed by atoms with Crippen molar-refractivity contribution in [3.8, 4) is 0 Å². The van der Waals surface area contributed by atoms with Crippen LogP contribution in [0.2, 0.25) is 0 Å². The van der Waals surface area contributed by atoms with E-state index in [1.54, 1.807) is 0 Å². The molecule has 1 N–H and O–H groups in total. The van der Waals surface area contributed by atoms with Crippen LogP contribution in [0.3, 0.4) is 0 Å². The van der Waals surface area contributed by atoms with Crippen molar-refractivity contribution >= 4 is 17.3 Å². The molecular weight excluding hydrogens is 348 g/mol. The Balaban J connectivity index is 1.69. The third-order valence-corrected chi connectivity index (χ3v) is 7.59. The summed E-state index contributed by atoms with van der Waals surface area (Å²) in [7, 11) is 0. The van der Waals surface area contributed by atoms with Crippen LogP contribution in [0.5, 0.6) is 0 Å². The Labute approximate surface area is 159 Å². The predicted octanol–water partition coefficient (Wildman–Crippen LogP) is 2.75. The zero-order chi connectivity index (χ0) is 19.0. The van der Waals surface area contributed by atoms with Gasteiger partial charge in [-0.15, -0.1) is 4.72 Å². The highest BCUT2D eigenvalue weighted by Gasteiger charge is 2.57. The van der Waals surface area contributed by atoms with Crippen molar-refractivity contribution in [3.63, 3.8) is 0 Å². The van der Waals surface area contributed by atoms with Crippen LogP contribution in [0, 0.1) is 5.41 Å². The lowest BCUT2D eigenvalue weighted by molar-refractivity contribution is 0.0401. The first kappa shape index (κ1) is 19.7. The molecule has 2 unspecified atom stereocenters. The number of ether oxygens (including phenoxy) is 1. The number of piperidine rings is 1. The molecular formula is C20H30N2O3S. The summed E-state index contributed by atoms with van der Waals surface area (Å²) in [5.41, 5.74) is 0.315. The van der Waals surface area contributed by atoms with E-state index in [4.69, 9.17) is 4.74 Å². The first-order valence-corrected chi connectivity index (χ1v) is 10.4. The molecule has 5 nitrogen and oxygen atoms in total. The lowest BCUT2D eigenvalue weighted by atomic mass is 9.67. The fourth-order valence-corrected chi connectivity index (χ4v) is 4.85. The summed E-state index contributed by atoms with van der Waals surface area (Å²) in [6.45, 7) is 10.7. The van der Waals surface area contributed by atoms with Crippen LogP contribution in [0.15, 0.2) is 30.3 Å². The Morgan fingerprint density at radius 1 is 1.19 bits per heavy atom. The number of nitrogens with zero attached hydrogens (tertiary/aromatic N) is 1. The zero-order valence-corrected chi connectivity index (χ0v) is 17.0. The van der Waals surface area contributed by atoms with E-state index in [0.29, 0.717) is 26.3 Å². The zero-order valence-electron chi connectivity index (χ0n) is 16.2. The van der Waals surface area contributed by atoms with Crippen LogP contribution in [-0.4, -0.2) is 51.9 Å². The van der Waals surface area contributed by atoms with Crippen LogP contribution in [-0.2, 0) is 16.1 Å². The second kappa shape index (κ2) is 7.15. The Kier molecular flexibility index (Phi) is 5.41. The first-order valence-electron chi connectivity index (χ1n) is 9.29. The van der Waals surface area contributed by atoms with E-state index in [1.165, 1.54) is 0 Å². The second-order valence-electron chi connectivity index (χ2n) is 8.75. The summed E-state index contributed by atoms with van der Waals surface area (Å²) in [6.07, 6.45) is 1.72. The molecule has 0 bridgehead atoms. The highest BCUT2D eigenvalue weighted by atomic mass is 32.2. The van der Waals surface area contributed by atoms with E-state index >= 15 is 0 Å². The maximum absolute atomic E-state index is 12.7. The SMILES string of the molecule is CC(C)(C)[S+]([O-])NC1(C)COCC12CCN(C(=O)c1ccccc1)CC2. The molecule has 0 aliphatic carbocycles. The van der Waals surface area contributed by atoms with Crippen molar-refractivity contribution in [2.75, 3.05) is 26.3 Å². The molecule has 1 amide bonds. The van der Waals surface area contributed by atoms with E-state index in [1.807, 2.05) is 56.0 Å². The molecule has 2 saturated heterocycles. The van der Waals surface area contributed by atoms with Gasteiger partial charge in [-0.05, 0) is 52.7 Å². The smallest absolute Gasteiger partial charge is 0.253 e. The predicted molar refractivity (Wildman–Crippen MR) is 104 cm³/mol. The van der Waals surface area contributed by atoms with Gasteiger partial charge < -0.3 is 14.2 Å². The fourth-order valence-electron chi connectivity index (χ4n) is 3.86. The molecule has 144 valence electrons. The van der Waals surface area contributed by atoms with E-state index in [9.17, 15) is 9.35 Å². The summed E-state index contributed by atoms with van der Waals surface area (Å²) >= 11 is -1.15. The maximum Gasteiger partial charge on any atom is 0.253 e. The molecule has 0 saturated carbocycles. The number of benzene rings is 1. The Bertz CT molecular complexity index is 638. The molecule has 0 aromatic heterocycles. The largest absolute Gasteiger partial charge is 0.598 e. The van der Waals surface area contributed by atoms with E-state index in [0.717, 1.165) is 18.4 Å². The average Bonchev–Trinajstić information content (AvgIpc) is 2.91. The molecule has 3 rings (SSSR count). The van der Waals surface area contributed by atoms with Gasteiger partial charge in [0.1, 0.15) is 4.75 Å². The van der Waals surface area contributed by atoms with Gasteiger partial charge in [-0.25, -0.2) is 0 Å². The molecule has 6 heteroatoms. The van der Waals surface area contributed by atoms with Gasteiger partial charge >= 0.3 is 0 Å². The van der Waals surface area contributed by atoms with Crippen molar-refractivity contribution in [2.24, 2.45) is 5.41 Å². The lowest BCUT2D eigenvalue weighted by Gasteiger charge is -2.47. The van der Waals surface area contributed by atoms with Gasteiger partial charge in [0.2, 0.25) is 0 Å². The van der Waals surface area contributed by atoms with Crippen molar-refractivity contribution in [3.05, 3.63) is 35.9 Å². The lowest BCUT2D eigenvalue weighted by Crippen LogP contribution is -2.63. The van der Waals surface area contributed by atoms with Gasteiger partial charge in [0, 0.05) is 35.4 Å². The first-order chi connectivity index (χ1) is 12.2. The Morgan fingerprint density at radius 2 is 1.81 bits per heavy atom. The van der Waals surface area contributed by atoms with E-state index < -0.39 is 11.4 Å². The number of hydrogen-bond acceptors (Lipinski definition) is 4. The van der Waals surface area contributed by atoms with Gasteiger partial charge in [0.15, 0.2) is 0 Å². The van der Waals surface area contributed by atoms with Crippen LogP contribution in [0.1, 0.15) is 50.9 Å².